The molecule has 240 valence electrons. The Kier molecular flexibility index (Phi) is 13.4. The van der Waals surface area contributed by atoms with E-state index in [0.29, 0.717) is 0 Å². The molecule has 0 unspecified atom stereocenters. The number of nitrogens with zero attached hydrogens (tertiary/aromatic N) is 9. The molecule has 2 aliphatic heterocycles. The number of rotatable bonds is 12. The molecule has 0 aromatic carbocycles. The van der Waals surface area contributed by atoms with Gasteiger partial charge in [0.2, 0.25) is 0 Å². The Balaban J connectivity index is 2.72. The third-order valence-corrected chi connectivity index (χ3v) is 5.82. The SMILES string of the molecule is CC(=O)O[C@@H]1[C@@H](OC(C)=O)[C@H](N=[N+]=[N-])O[C@H](CN=[N+]=[N-])[C@H]1O[C@H]1O[C@H](CN=[N+]=[N-])[C@@H](OC(C)=O)[C@H](OC(C)=O)[C@H]1OC(C)=O. The topological polar surface area (TPSA) is 305 Å². The van der Waals surface area contributed by atoms with Crippen molar-refractivity contribution in [3.63, 3.8) is 0 Å². The van der Waals surface area contributed by atoms with Gasteiger partial charge in [0.25, 0.3) is 0 Å². The summed E-state index contributed by atoms with van der Waals surface area (Å²) in [6.45, 7) is 4.05. The first-order valence-electron chi connectivity index (χ1n) is 12.7. The van der Waals surface area contributed by atoms with E-state index in [1.54, 1.807) is 0 Å². The average Bonchev–Trinajstić information content (AvgIpc) is 2.91. The summed E-state index contributed by atoms with van der Waals surface area (Å²) in [5.74, 6) is -4.51. The van der Waals surface area contributed by atoms with Crippen molar-refractivity contribution in [2.45, 2.75) is 96.0 Å². The minimum absolute atomic E-state index is 0.509. The number of carbonyl (C=O) groups is 5. The normalized spacial score (nSPS) is 30.9. The van der Waals surface area contributed by atoms with Crippen LogP contribution in [0.1, 0.15) is 34.6 Å². The van der Waals surface area contributed by atoms with Crippen molar-refractivity contribution in [2.24, 2.45) is 15.3 Å². The molecule has 2 rings (SSSR count). The molecule has 2 fully saturated rings. The fourth-order valence-corrected chi connectivity index (χ4v) is 4.49. The van der Waals surface area contributed by atoms with E-state index in [-0.39, 0.29) is 0 Å². The van der Waals surface area contributed by atoms with Gasteiger partial charge < -0.3 is 37.9 Å². The van der Waals surface area contributed by atoms with Crippen LogP contribution in [0.5, 0.6) is 0 Å². The molecule has 0 amide bonds. The molecule has 22 nitrogen and oxygen atoms in total. The maximum absolute atomic E-state index is 12.2. The monoisotopic (exact) mass is 627 g/mol. The Hall–Kier alpha value is -4.84. The molecule has 2 saturated heterocycles. The van der Waals surface area contributed by atoms with Crippen LogP contribution in [0.4, 0.5) is 0 Å². The van der Waals surface area contributed by atoms with Crippen LogP contribution in [-0.2, 0) is 61.9 Å². The van der Waals surface area contributed by atoms with Gasteiger partial charge in [-0.05, 0) is 16.6 Å². The van der Waals surface area contributed by atoms with Gasteiger partial charge in [0.1, 0.15) is 12.2 Å². The minimum atomic E-state index is -1.79. The van der Waals surface area contributed by atoms with Gasteiger partial charge in [-0.15, -0.1) is 0 Å². The van der Waals surface area contributed by atoms with Gasteiger partial charge in [0.15, 0.2) is 43.0 Å². The van der Waals surface area contributed by atoms with Crippen molar-refractivity contribution >= 4 is 29.8 Å². The number of azide groups is 3. The predicted molar refractivity (Wildman–Crippen MR) is 137 cm³/mol. The van der Waals surface area contributed by atoms with E-state index in [1.807, 2.05) is 0 Å². The van der Waals surface area contributed by atoms with E-state index in [1.165, 1.54) is 0 Å². The van der Waals surface area contributed by atoms with Crippen molar-refractivity contribution in [3.8, 4) is 0 Å². The molecule has 0 aliphatic carbocycles. The fraction of sp³-hybridized carbons (Fsp3) is 0.773. The largest absolute Gasteiger partial charge is 0.456 e. The molecule has 0 aromatic rings. The van der Waals surface area contributed by atoms with Gasteiger partial charge in [0.05, 0.1) is 19.2 Å². The van der Waals surface area contributed by atoms with Gasteiger partial charge in [-0.2, -0.15) is 0 Å². The molecule has 2 aliphatic rings. The molecule has 0 N–H and O–H groups in total. The summed E-state index contributed by atoms with van der Waals surface area (Å²) < 4.78 is 44.4. The third-order valence-electron chi connectivity index (χ3n) is 5.82. The zero-order chi connectivity index (χ0) is 33.0. The van der Waals surface area contributed by atoms with Crippen molar-refractivity contribution in [1.29, 1.82) is 0 Å². The maximum Gasteiger partial charge on any atom is 0.303 e. The van der Waals surface area contributed by atoms with E-state index in [9.17, 15) is 24.0 Å². The first-order chi connectivity index (χ1) is 20.8. The molecule has 10 atom stereocenters. The molecule has 0 saturated carbocycles. The standard InChI is InChI=1S/C22H29N9O13/c1-8(32)37-15-14(7-27-30-24)43-22(20(41-12(5)36)18(15)39-10(3)34)44-16-13(6-26-29-23)42-21(28-31-25)19(40-11(4)35)17(16)38-9(2)33/h13-22H,6-7H2,1-5H3/t13-,14-,15-,16-,17+,18+,19-,20-,21-,22-/m1/s1. The Morgan fingerprint density at radius 3 is 1.43 bits per heavy atom. The predicted octanol–water partition coefficient (Wildman–Crippen LogP) is 1.41. The molecular weight excluding hydrogens is 598 g/mol. The third kappa shape index (κ3) is 9.87. The van der Waals surface area contributed by atoms with Crippen LogP contribution in [0.25, 0.3) is 31.3 Å². The Bertz CT molecular complexity index is 1250. The Morgan fingerprint density at radius 1 is 0.568 bits per heavy atom. The van der Waals surface area contributed by atoms with E-state index >= 15 is 0 Å². The van der Waals surface area contributed by atoms with Crippen molar-refractivity contribution in [2.75, 3.05) is 13.1 Å². The Morgan fingerprint density at radius 2 is 0.977 bits per heavy atom. The van der Waals surface area contributed by atoms with Crippen molar-refractivity contribution < 1.29 is 61.9 Å². The van der Waals surface area contributed by atoms with Crippen LogP contribution in [0.3, 0.4) is 0 Å². The number of hydrogen-bond donors (Lipinski definition) is 0. The van der Waals surface area contributed by atoms with Crippen LogP contribution in [-0.4, -0.2) is 104 Å². The van der Waals surface area contributed by atoms with Gasteiger partial charge in [0, 0.05) is 49.4 Å². The smallest absolute Gasteiger partial charge is 0.303 e. The lowest BCUT2D eigenvalue weighted by Gasteiger charge is -2.48. The number of hydrogen-bond acceptors (Lipinski definition) is 16. The number of esters is 5. The van der Waals surface area contributed by atoms with Crippen LogP contribution >= 0.6 is 0 Å². The molecule has 2 heterocycles. The number of carbonyl (C=O) groups excluding carboxylic acids is 5. The van der Waals surface area contributed by atoms with E-state index in [2.05, 4.69) is 30.1 Å². The summed E-state index contributed by atoms with van der Waals surface area (Å²) in [6.07, 6.45) is -15.8. The highest BCUT2D eigenvalue weighted by Gasteiger charge is 2.56. The zero-order valence-corrected chi connectivity index (χ0v) is 24.0. The summed E-state index contributed by atoms with van der Waals surface area (Å²) >= 11 is 0. The Labute approximate surface area is 248 Å². The minimum Gasteiger partial charge on any atom is -0.456 e. The molecular formula is C22H29N9O13. The van der Waals surface area contributed by atoms with Gasteiger partial charge in [-0.3, -0.25) is 24.0 Å². The second-order valence-electron chi connectivity index (χ2n) is 9.11. The molecule has 44 heavy (non-hydrogen) atoms. The maximum atomic E-state index is 12.2. The van der Waals surface area contributed by atoms with E-state index in [4.69, 9.17) is 54.5 Å². The number of ether oxygens (including phenoxy) is 8. The molecule has 0 spiro atoms. The van der Waals surface area contributed by atoms with Crippen molar-refractivity contribution in [3.05, 3.63) is 31.3 Å². The second-order valence-corrected chi connectivity index (χ2v) is 9.11. The summed E-state index contributed by atoms with van der Waals surface area (Å²) in [7, 11) is 0. The highest BCUT2D eigenvalue weighted by Crippen LogP contribution is 2.35. The molecule has 22 heteroatoms. The van der Waals surface area contributed by atoms with Gasteiger partial charge >= 0.3 is 29.8 Å². The highest BCUT2D eigenvalue weighted by molar-refractivity contribution is 5.69. The first kappa shape index (κ1) is 35.4. The lowest BCUT2D eigenvalue weighted by Crippen LogP contribution is -2.66. The van der Waals surface area contributed by atoms with Crippen molar-refractivity contribution in [1.82, 2.24) is 0 Å². The van der Waals surface area contributed by atoms with E-state index in [0.717, 1.165) is 34.6 Å². The lowest BCUT2D eigenvalue weighted by atomic mass is 9.95. The fourth-order valence-electron chi connectivity index (χ4n) is 4.49. The zero-order valence-electron chi connectivity index (χ0n) is 24.0. The van der Waals surface area contributed by atoms with E-state index < -0.39 is 104 Å². The van der Waals surface area contributed by atoms with Crippen LogP contribution in [0.15, 0.2) is 15.3 Å². The summed E-state index contributed by atoms with van der Waals surface area (Å²) in [5.41, 5.74) is 26.9. The van der Waals surface area contributed by atoms with Crippen LogP contribution in [0, 0.1) is 0 Å². The quantitative estimate of drug-likeness (QED) is 0.0972. The highest BCUT2D eigenvalue weighted by atomic mass is 16.7. The van der Waals surface area contributed by atoms with Gasteiger partial charge in [-0.1, -0.05) is 15.3 Å². The molecule has 0 aromatic heterocycles. The van der Waals surface area contributed by atoms with Crippen LogP contribution in [0.2, 0.25) is 0 Å². The summed E-state index contributed by atoms with van der Waals surface area (Å²) in [4.78, 5) is 68.3. The molecule has 0 radical (unpaired) electrons. The summed E-state index contributed by atoms with van der Waals surface area (Å²) in [6, 6.07) is 0. The second kappa shape index (κ2) is 16.7. The molecule has 0 bridgehead atoms. The van der Waals surface area contributed by atoms with Gasteiger partial charge in [-0.25, -0.2) is 0 Å². The lowest BCUT2D eigenvalue weighted by molar-refractivity contribution is -0.338. The van der Waals surface area contributed by atoms with Crippen LogP contribution < -0.4 is 0 Å². The summed E-state index contributed by atoms with van der Waals surface area (Å²) in [5, 5.41) is 10.3. The first-order valence-corrected chi connectivity index (χ1v) is 12.7. The average molecular weight is 628 g/mol.